The van der Waals surface area contributed by atoms with Crippen molar-refractivity contribution in [3.05, 3.63) is 58.9 Å². The highest BCUT2D eigenvalue weighted by Crippen LogP contribution is 2.27. The molecule has 0 unspecified atom stereocenters. The Labute approximate surface area is 122 Å². The number of aryl methyl sites for hydroxylation is 1. The van der Waals surface area contributed by atoms with E-state index in [4.69, 9.17) is 0 Å². The van der Waals surface area contributed by atoms with E-state index in [0.29, 0.717) is 17.7 Å². The lowest BCUT2D eigenvalue weighted by molar-refractivity contribution is 0.553. The van der Waals surface area contributed by atoms with Crippen LogP contribution >= 0.6 is 0 Å². The van der Waals surface area contributed by atoms with Crippen molar-refractivity contribution in [1.29, 1.82) is 0 Å². The van der Waals surface area contributed by atoms with Crippen LogP contribution in [-0.4, -0.2) is 6.04 Å². The molecule has 1 nitrogen and oxygen atoms in total. The molecule has 112 valence electrons. The normalized spacial score (nSPS) is 11.2. The first-order chi connectivity index (χ1) is 9.88. The molecule has 0 aliphatic rings. The molecule has 0 aliphatic carbocycles. The highest BCUT2D eigenvalue weighted by molar-refractivity contribution is 5.65. The maximum absolute atomic E-state index is 14.0. The Kier molecular flexibility index (Phi) is 4.68. The Morgan fingerprint density at radius 2 is 1.67 bits per heavy atom. The van der Waals surface area contributed by atoms with Crippen molar-refractivity contribution < 1.29 is 13.2 Å². The Morgan fingerprint density at radius 1 is 0.952 bits per heavy atom. The summed E-state index contributed by atoms with van der Waals surface area (Å²) in [4.78, 5) is 0. The standard InChI is InChI=1S/C17H18F3N/c1-10(2)21-9-13-5-4-12(7-16(13)19)14-8-15(18)11(3)6-17(14)20/h4-8,10,21H,9H2,1-3H3. The molecule has 0 bridgehead atoms. The molecule has 0 saturated heterocycles. The summed E-state index contributed by atoms with van der Waals surface area (Å²) >= 11 is 0. The fourth-order valence-electron chi connectivity index (χ4n) is 2.04. The second-order valence-corrected chi connectivity index (χ2v) is 5.42. The minimum Gasteiger partial charge on any atom is -0.310 e. The molecule has 0 fully saturated rings. The molecular formula is C17H18F3N. The van der Waals surface area contributed by atoms with Crippen molar-refractivity contribution in [3.63, 3.8) is 0 Å². The highest BCUT2D eigenvalue weighted by atomic mass is 19.1. The fourth-order valence-corrected chi connectivity index (χ4v) is 2.04. The Bertz CT molecular complexity index is 651. The summed E-state index contributed by atoms with van der Waals surface area (Å²) in [6.07, 6.45) is 0. The summed E-state index contributed by atoms with van der Waals surface area (Å²) < 4.78 is 41.5. The van der Waals surface area contributed by atoms with Crippen LogP contribution < -0.4 is 5.32 Å². The zero-order chi connectivity index (χ0) is 15.6. The molecule has 1 N–H and O–H groups in total. The zero-order valence-corrected chi connectivity index (χ0v) is 12.3. The molecule has 0 atom stereocenters. The van der Waals surface area contributed by atoms with Crippen molar-refractivity contribution in [2.45, 2.75) is 33.4 Å². The summed E-state index contributed by atoms with van der Waals surface area (Å²) in [5.41, 5.74) is 1.13. The molecule has 0 saturated carbocycles. The van der Waals surface area contributed by atoms with Gasteiger partial charge >= 0.3 is 0 Å². The molecule has 0 aliphatic heterocycles. The molecular weight excluding hydrogens is 275 g/mol. The van der Waals surface area contributed by atoms with Crippen LogP contribution in [0.25, 0.3) is 11.1 Å². The molecule has 0 heterocycles. The van der Waals surface area contributed by atoms with Crippen molar-refractivity contribution in [1.82, 2.24) is 5.32 Å². The predicted octanol–water partition coefficient (Wildman–Crippen LogP) is 4.58. The molecule has 2 aromatic rings. The quantitative estimate of drug-likeness (QED) is 0.870. The van der Waals surface area contributed by atoms with E-state index in [0.717, 1.165) is 12.1 Å². The van der Waals surface area contributed by atoms with Crippen molar-refractivity contribution in [3.8, 4) is 11.1 Å². The van der Waals surface area contributed by atoms with Crippen LogP contribution in [0.15, 0.2) is 30.3 Å². The van der Waals surface area contributed by atoms with Gasteiger partial charge in [0.25, 0.3) is 0 Å². The van der Waals surface area contributed by atoms with Gasteiger partial charge in [-0.15, -0.1) is 0 Å². The van der Waals surface area contributed by atoms with Crippen molar-refractivity contribution >= 4 is 0 Å². The smallest absolute Gasteiger partial charge is 0.131 e. The van der Waals surface area contributed by atoms with Crippen LogP contribution in [0.5, 0.6) is 0 Å². The largest absolute Gasteiger partial charge is 0.310 e. The minimum atomic E-state index is -0.554. The van der Waals surface area contributed by atoms with Gasteiger partial charge in [0.1, 0.15) is 17.5 Å². The summed E-state index contributed by atoms with van der Waals surface area (Å²) in [7, 11) is 0. The predicted molar refractivity (Wildman–Crippen MR) is 78.5 cm³/mol. The number of halogens is 3. The number of hydrogen-bond acceptors (Lipinski definition) is 1. The Hall–Kier alpha value is -1.81. The van der Waals surface area contributed by atoms with E-state index in [9.17, 15) is 13.2 Å². The third-order valence-corrected chi connectivity index (χ3v) is 3.31. The number of benzene rings is 2. The van der Waals surface area contributed by atoms with E-state index in [1.54, 1.807) is 12.1 Å². The van der Waals surface area contributed by atoms with Gasteiger partial charge in [0.15, 0.2) is 0 Å². The van der Waals surface area contributed by atoms with Gasteiger partial charge in [-0.1, -0.05) is 26.0 Å². The van der Waals surface area contributed by atoms with Gasteiger partial charge in [0.2, 0.25) is 0 Å². The first-order valence-corrected chi connectivity index (χ1v) is 6.86. The number of rotatable bonds is 4. The monoisotopic (exact) mass is 293 g/mol. The van der Waals surface area contributed by atoms with Gasteiger partial charge in [0.05, 0.1) is 0 Å². The van der Waals surface area contributed by atoms with Crippen molar-refractivity contribution in [2.24, 2.45) is 0 Å². The second kappa shape index (κ2) is 6.31. The van der Waals surface area contributed by atoms with Gasteiger partial charge in [-0.3, -0.25) is 0 Å². The van der Waals surface area contributed by atoms with Gasteiger partial charge in [-0.05, 0) is 36.2 Å². The van der Waals surface area contributed by atoms with E-state index >= 15 is 0 Å². The number of hydrogen-bond donors (Lipinski definition) is 1. The molecule has 0 aromatic heterocycles. The van der Waals surface area contributed by atoms with Gasteiger partial charge in [-0.25, -0.2) is 13.2 Å². The lowest BCUT2D eigenvalue weighted by Crippen LogP contribution is -2.22. The third-order valence-electron chi connectivity index (χ3n) is 3.31. The van der Waals surface area contributed by atoms with E-state index < -0.39 is 17.5 Å². The molecule has 2 aromatic carbocycles. The summed E-state index contributed by atoms with van der Waals surface area (Å²) in [6.45, 7) is 5.82. The van der Waals surface area contributed by atoms with Crippen LogP contribution in [0.3, 0.4) is 0 Å². The molecule has 0 spiro atoms. The lowest BCUT2D eigenvalue weighted by Gasteiger charge is -2.11. The van der Waals surface area contributed by atoms with Crippen LogP contribution in [-0.2, 0) is 6.54 Å². The van der Waals surface area contributed by atoms with Crippen LogP contribution in [0, 0.1) is 24.4 Å². The van der Waals surface area contributed by atoms with Crippen molar-refractivity contribution in [2.75, 3.05) is 0 Å². The maximum atomic E-state index is 14.0. The van der Waals surface area contributed by atoms with Crippen LogP contribution in [0.4, 0.5) is 13.2 Å². The summed E-state index contributed by atoms with van der Waals surface area (Å²) in [5, 5.41) is 3.12. The summed E-state index contributed by atoms with van der Waals surface area (Å²) in [5.74, 6) is -1.49. The first kappa shape index (κ1) is 15.6. The molecule has 21 heavy (non-hydrogen) atoms. The second-order valence-electron chi connectivity index (χ2n) is 5.42. The topological polar surface area (TPSA) is 12.0 Å². The minimum absolute atomic E-state index is 0.0698. The molecule has 4 heteroatoms. The zero-order valence-electron chi connectivity index (χ0n) is 12.3. The number of nitrogens with one attached hydrogen (secondary N) is 1. The fraction of sp³-hybridized carbons (Fsp3) is 0.294. The summed E-state index contributed by atoms with van der Waals surface area (Å²) in [6, 6.07) is 6.91. The van der Waals surface area contributed by atoms with Gasteiger partial charge in [-0.2, -0.15) is 0 Å². The molecule has 0 radical (unpaired) electrons. The first-order valence-electron chi connectivity index (χ1n) is 6.86. The average Bonchev–Trinajstić information content (AvgIpc) is 2.41. The van der Waals surface area contributed by atoms with Crippen LogP contribution in [0.1, 0.15) is 25.0 Å². The Balaban J connectivity index is 2.34. The van der Waals surface area contributed by atoms with E-state index in [-0.39, 0.29) is 17.2 Å². The highest BCUT2D eigenvalue weighted by Gasteiger charge is 2.12. The van der Waals surface area contributed by atoms with E-state index in [1.807, 2.05) is 13.8 Å². The Morgan fingerprint density at radius 3 is 2.29 bits per heavy atom. The van der Waals surface area contributed by atoms with Crippen LogP contribution in [0.2, 0.25) is 0 Å². The van der Waals surface area contributed by atoms with Gasteiger partial charge in [0, 0.05) is 23.7 Å². The SMILES string of the molecule is Cc1cc(F)c(-c2ccc(CNC(C)C)c(F)c2)cc1F. The lowest BCUT2D eigenvalue weighted by atomic mass is 10.0. The van der Waals surface area contributed by atoms with E-state index in [2.05, 4.69) is 5.32 Å². The average molecular weight is 293 g/mol. The molecule has 0 amide bonds. The molecule has 2 rings (SSSR count). The van der Waals surface area contributed by atoms with E-state index in [1.165, 1.54) is 13.0 Å². The van der Waals surface area contributed by atoms with Gasteiger partial charge < -0.3 is 5.32 Å². The third kappa shape index (κ3) is 3.64. The maximum Gasteiger partial charge on any atom is 0.131 e.